The molecule has 2 aromatic rings. The minimum absolute atomic E-state index is 0.347. The topological polar surface area (TPSA) is 49.8 Å². The Labute approximate surface area is 128 Å². The molecule has 112 valence electrons. The van der Waals surface area contributed by atoms with E-state index < -0.39 is 0 Å². The first kappa shape index (κ1) is 15.5. The molecule has 0 amide bonds. The van der Waals surface area contributed by atoms with Crippen LogP contribution in [0.25, 0.3) is 0 Å². The highest BCUT2D eigenvalue weighted by Gasteiger charge is 2.12. The van der Waals surface area contributed by atoms with Crippen LogP contribution in [0, 0.1) is 5.82 Å². The summed E-state index contributed by atoms with van der Waals surface area (Å²) in [4.78, 5) is 8.52. The van der Waals surface area contributed by atoms with Gasteiger partial charge in [-0.1, -0.05) is 24.9 Å². The number of hydrogen-bond donors (Lipinski definition) is 2. The standard InChI is InChI=1S/C15H18ClFN4/c1-3-5-11-14(18-4-2)19-9-20-15(11)21-13-8-10(17)6-7-12(13)16/h6-9H,3-5H2,1-2H3,(H2,18,19,20,21). The molecule has 1 heterocycles. The molecule has 6 heteroatoms. The zero-order chi connectivity index (χ0) is 15.2. The maximum absolute atomic E-state index is 13.4. The van der Waals surface area contributed by atoms with E-state index in [2.05, 4.69) is 27.5 Å². The first-order valence-corrected chi connectivity index (χ1v) is 7.33. The van der Waals surface area contributed by atoms with Crippen LogP contribution in [0.4, 0.5) is 21.7 Å². The fourth-order valence-electron chi connectivity index (χ4n) is 2.05. The minimum Gasteiger partial charge on any atom is -0.370 e. The number of hydrogen-bond acceptors (Lipinski definition) is 4. The molecule has 0 spiro atoms. The summed E-state index contributed by atoms with van der Waals surface area (Å²) < 4.78 is 13.4. The van der Waals surface area contributed by atoms with E-state index in [0.717, 1.165) is 30.8 Å². The minimum atomic E-state index is -0.347. The van der Waals surface area contributed by atoms with Crippen molar-refractivity contribution in [3.63, 3.8) is 0 Å². The summed E-state index contributed by atoms with van der Waals surface area (Å²) in [6.07, 6.45) is 3.25. The molecule has 0 aliphatic rings. The molecule has 2 N–H and O–H groups in total. The van der Waals surface area contributed by atoms with Crippen molar-refractivity contribution in [3.05, 3.63) is 40.9 Å². The highest BCUT2D eigenvalue weighted by atomic mass is 35.5. The second kappa shape index (κ2) is 7.22. The second-order valence-corrected chi connectivity index (χ2v) is 4.99. The number of halogens is 2. The third-order valence-electron chi connectivity index (χ3n) is 2.97. The van der Waals surface area contributed by atoms with Gasteiger partial charge in [0.05, 0.1) is 10.7 Å². The van der Waals surface area contributed by atoms with Gasteiger partial charge in [-0.05, 0) is 31.5 Å². The van der Waals surface area contributed by atoms with Gasteiger partial charge in [-0.2, -0.15) is 0 Å². The lowest BCUT2D eigenvalue weighted by Gasteiger charge is -2.15. The van der Waals surface area contributed by atoms with Crippen molar-refractivity contribution in [3.8, 4) is 0 Å². The second-order valence-electron chi connectivity index (χ2n) is 4.58. The molecular formula is C15H18ClFN4. The van der Waals surface area contributed by atoms with Crippen molar-refractivity contribution in [2.24, 2.45) is 0 Å². The fourth-order valence-corrected chi connectivity index (χ4v) is 2.21. The van der Waals surface area contributed by atoms with E-state index in [1.807, 2.05) is 6.92 Å². The zero-order valence-electron chi connectivity index (χ0n) is 12.1. The summed E-state index contributed by atoms with van der Waals surface area (Å²) in [5.74, 6) is 1.10. The Bertz CT molecular complexity index is 619. The third kappa shape index (κ3) is 3.82. The summed E-state index contributed by atoms with van der Waals surface area (Å²) in [7, 11) is 0. The average Bonchev–Trinajstić information content (AvgIpc) is 2.46. The largest absolute Gasteiger partial charge is 0.370 e. The summed E-state index contributed by atoms with van der Waals surface area (Å²) in [5.41, 5.74) is 1.47. The highest BCUT2D eigenvalue weighted by molar-refractivity contribution is 6.33. The molecule has 0 atom stereocenters. The monoisotopic (exact) mass is 308 g/mol. The fraction of sp³-hybridized carbons (Fsp3) is 0.333. The molecule has 0 fully saturated rings. The molecular weight excluding hydrogens is 291 g/mol. The normalized spacial score (nSPS) is 10.5. The number of anilines is 3. The van der Waals surface area contributed by atoms with Gasteiger partial charge in [0.2, 0.25) is 0 Å². The smallest absolute Gasteiger partial charge is 0.139 e. The highest BCUT2D eigenvalue weighted by Crippen LogP contribution is 2.29. The Morgan fingerprint density at radius 1 is 1.19 bits per heavy atom. The summed E-state index contributed by atoms with van der Waals surface area (Å²) >= 11 is 6.09. The van der Waals surface area contributed by atoms with Crippen LogP contribution in [-0.4, -0.2) is 16.5 Å². The lowest BCUT2D eigenvalue weighted by molar-refractivity contribution is 0.628. The van der Waals surface area contributed by atoms with Gasteiger partial charge in [-0.3, -0.25) is 0 Å². The van der Waals surface area contributed by atoms with Crippen LogP contribution in [0.2, 0.25) is 5.02 Å². The summed E-state index contributed by atoms with van der Waals surface area (Å²) in [6, 6.07) is 4.20. The Morgan fingerprint density at radius 2 is 1.95 bits per heavy atom. The molecule has 1 aromatic heterocycles. The molecule has 0 unspecified atom stereocenters. The van der Waals surface area contributed by atoms with E-state index in [1.54, 1.807) is 0 Å². The lowest BCUT2D eigenvalue weighted by atomic mass is 10.1. The van der Waals surface area contributed by atoms with Gasteiger partial charge >= 0.3 is 0 Å². The molecule has 1 aromatic carbocycles. The van der Waals surface area contributed by atoms with Crippen molar-refractivity contribution in [2.45, 2.75) is 26.7 Å². The van der Waals surface area contributed by atoms with Crippen molar-refractivity contribution in [1.29, 1.82) is 0 Å². The maximum Gasteiger partial charge on any atom is 0.139 e. The molecule has 4 nitrogen and oxygen atoms in total. The quantitative estimate of drug-likeness (QED) is 0.830. The SMILES string of the molecule is CCCc1c(NCC)ncnc1Nc1cc(F)ccc1Cl. The van der Waals surface area contributed by atoms with Crippen molar-refractivity contribution < 1.29 is 4.39 Å². The average molecular weight is 309 g/mol. The van der Waals surface area contributed by atoms with Gasteiger partial charge in [0, 0.05) is 12.1 Å². The Kier molecular flexibility index (Phi) is 5.33. The number of nitrogens with one attached hydrogen (secondary N) is 2. The molecule has 0 saturated heterocycles. The van der Waals surface area contributed by atoms with E-state index >= 15 is 0 Å². The number of rotatable bonds is 6. The molecule has 0 bridgehead atoms. The summed E-state index contributed by atoms with van der Waals surface area (Å²) in [5, 5.41) is 6.76. The van der Waals surface area contributed by atoms with Gasteiger partial charge in [-0.15, -0.1) is 0 Å². The van der Waals surface area contributed by atoms with Crippen LogP contribution in [0.1, 0.15) is 25.8 Å². The predicted octanol–water partition coefficient (Wildman–Crippen LogP) is 4.40. The zero-order valence-corrected chi connectivity index (χ0v) is 12.8. The first-order chi connectivity index (χ1) is 10.2. The van der Waals surface area contributed by atoms with Crippen molar-refractivity contribution >= 4 is 28.9 Å². The Morgan fingerprint density at radius 3 is 2.67 bits per heavy atom. The predicted molar refractivity (Wildman–Crippen MR) is 84.9 cm³/mol. The van der Waals surface area contributed by atoms with Gasteiger partial charge in [0.25, 0.3) is 0 Å². The molecule has 2 rings (SSSR count). The molecule has 0 aliphatic heterocycles. The lowest BCUT2D eigenvalue weighted by Crippen LogP contribution is -2.08. The van der Waals surface area contributed by atoms with Crippen molar-refractivity contribution in [1.82, 2.24) is 9.97 Å². The van der Waals surface area contributed by atoms with Gasteiger partial charge < -0.3 is 10.6 Å². The van der Waals surface area contributed by atoms with Gasteiger partial charge in [0.15, 0.2) is 0 Å². The molecule has 21 heavy (non-hydrogen) atoms. The van der Waals surface area contributed by atoms with Gasteiger partial charge in [-0.25, -0.2) is 14.4 Å². The van der Waals surface area contributed by atoms with E-state index in [4.69, 9.17) is 11.6 Å². The number of nitrogens with zero attached hydrogens (tertiary/aromatic N) is 2. The molecule has 0 radical (unpaired) electrons. The van der Waals surface area contributed by atoms with Crippen molar-refractivity contribution in [2.75, 3.05) is 17.2 Å². The van der Waals surface area contributed by atoms with Crippen LogP contribution >= 0.6 is 11.6 Å². The molecule has 0 aliphatic carbocycles. The first-order valence-electron chi connectivity index (χ1n) is 6.95. The van der Waals surface area contributed by atoms with E-state index in [1.165, 1.54) is 24.5 Å². The van der Waals surface area contributed by atoms with Gasteiger partial charge in [0.1, 0.15) is 23.8 Å². The molecule has 0 saturated carbocycles. The van der Waals surface area contributed by atoms with Crippen LogP contribution < -0.4 is 10.6 Å². The summed E-state index contributed by atoms with van der Waals surface area (Å²) in [6.45, 7) is 4.87. The number of benzene rings is 1. The Hall–Kier alpha value is -1.88. The van der Waals surface area contributed by atoms with Crippen LogP contribution in [-0.2, 0) is 6.42 Å². The van der Waals surface area contributed by atoms with Crippen LogP contribution in [0.5, 0.6) is 0 Å². The van der Waals surface area contributed by atoms with Crippen LogP contribution in [0.15, 0.2) is 24.5 Å². The van der Waals surface area contributed by atoms with Crippen LogP contribution in [0.3, 0.4) is 0 Å². The third-order valence-corrected chi connectivity index (χ3v) is 3.30. The van der Waals surface area contributed by atoms with E-state index in [9.17, 15) is 4.39 Å². The maximum atomic E-state index is 13.4. The van der Waals surface area contributed by atoms with E-state index in [0.29, 0.717) is 16.5 Å². The van der Waals surface area contributed by atoms with E-state index in [-0.39, 0.29) is 5.82 Å². The number of aromatic nitrogens is 2. The Balaban J connectivity index is 2.38.